The van der Waals surface area contributed by atoms with E-state index in [2.05, 4.69) is 0 Å². The van der Waals surface area contributed by atoms with Crippen LogP contribution in [0.3, 0.4) is 0 Å². The number of rotatable bonds is 2. The van der Waals surface area contributed by atoms with Crippen LogP contribution in [0.5, 0.6) is 5.75 Å². The van der Waals surface area contributed by atoms with E-state index >= 15 is 0 Å². The summed E-state index contributed by atoms with van der Waals surface area (Å²) in [6, 6.07) is 3.61. The van der Waals surface area contributed by atoms with Gasteiger partial charge in [-0.1, -0.05) is 0 Å². The molecule has 0 aromatic heterocycles. The topological polar surface area (TPSA) is 12.5 Å². The van der Waals surface area contributed by atoms with Crippen molar-refractivity contribution < 1.29 is 17.9 Å². The Bertz CT molecular complexity index is 397. The molecule has 1 aromatic carbocycles. The number of hydrogen-bond acceptors (Lipinski definition) is 2. The Kier molecular flexibility index (Phi) is 3.17. The Morgan fingerprint density at radius 3 is 2.35 bits per heavy atom. The highest BCUT2D eigenvalue weighted by Gasteiger charge is 2.32. The van der Waals surface area contributed by atoms with Gasteiger partial charge < -0.3 is 9.64 Å². The van der Waals surface area contributed by atoms with Gasteiger partial charge in [0.15, 0.2) is 0 Å². The third-order valence-electron chi connectivity index (χ3n) is 2.95. The number of halogens is 3. The van der Waals surface area contributed by atoms with Crippen LogP contribution in [0.2, 0.25) is 0 Å². The minimum absolute atomic E-state index is 0.500. The van der Waals surface area contributed by atoms with Gasteiger partial charge in [0, 0.05) is 13.1 Å². The lowest BCUT2D eigenvalue weighted by molar-refractivity contribution is -0.137. The Morgan fingerprint density at radius 1 is 1.18 bits per heavy atom. The average molecular weight is 245 g/mol. The summed E-state index contributed by atoms with van der Waals surface area (Å²) in [4.78, 5) is 1.94. The maximum atomic E-state index is 12.6. The molecule has 2 nitrogen and oxygen atoms in total. The molecule has 94 valence electrons. The first kappa shape index (κ1) is 12.1. The number of alkyl halides is 3. The second-order valence-corrected chi connectivity index (χ2v) is 4.08. The van der Waals surface area contributed by atoms with E-state index in [0.717, 1.165) is 32.0 Å². The highest BCUT2D eigenvalue weighted by molar-refractivity contribution is 5.61. The van der Waals surface area contributed by atoms with Crippen molar-refractivity contribution in [2.24, 2.45) is 0 Å². The highest BCUT2D eigenvalue weighted by atomic mass is 19.4. The van der Waals surface area contributed by atoms with Crippen LogP contribution in [0.4, 0.5) is 18.9 Å². The molecule has 0 aliphatic carbocycles. The second-order valence-electron chi connectivity index (χ2n) is 4.08. The molecule has 0 N–H and O–H groups in total. The summed E-state index contributed by atoms with van der Waals surface area (Å²) >= 11 is 0. The number of benzene rings is 1. The van der Waals surface area contributed by atoms with Crippen LogP contribution >= 0.6 is 0 Å². The van der Waals surface area contributed by atoms with Gasteiger partial charge in [0.1, 0.15) is 5.75 Å². The standard InChI is InChI=1S/C12H14F3NO/c1-17-11-5-4-9(12(13,14)15)8-10(11)16-6-2-3-7-16/h4-5,8H,2-3,6-7H2,1H3. The molecule has 17 heavy (non-hydrogen) atoms. The molecule has 1 fully saturated rings. The fourth-order valence-corrected chi connectivity index (χ4v) is 2.07. The van der Waals surface area contributed by atoms with E-state index in [1.807, 2.05) is 4.90 Å². The van der Waals surface area contributed by atoms with Crippen LogP contribution in [0, 0.1) is 0 Å². The van der Waals surface area contributed by atoms with E-state index < -0.39 is 11.7 Å². The molecule has 1 heterocycles. The van der Waals surface area contributed by atoms with Crippen molar-refractivity contribution in [2.45, 2.75) is 19.0 Å². The van der Waals surface area contributed by atoms with E-state index in [4.69, 9.17) is 4.74 Å². The summed E-state index contributed by atoms with van der Waals surface area (Å²) in [6.45, 7) is 1.58. The Hall–Kier alpha value is -1.39. The molecular weight excluding hydrogens is 231 g/mol. The van der Waals surface area contributed by atoms with E-state index in [0.29, 0.717) is 11.4 Å². The van der Waals surface area contributed by atoms with Crippen molar-refractivity contribution in [1.82, 2.24) is 0 Å². The zero-order valence-electron chi connectivity index (χ0n) is 9.55. The zero-order chi connectivity index (χ0) is 12.5. The molecule has 1 aliphatic rings. The predicted molar refractivity (Wildman–Crippen MR) is 59.4 cm³/mol. The zero-order valence-corrected chi connectivity index (χ0v) is 9.55. The van der Waals surface area contributed by atoms with Crippen molar-refractivity contribution in [3.8, 4) is 5.75 Å². The largest absolute Gasteiger partial charge is 0.495 e. The van der Waals surface area contributed by atoms with Crippen LogP contribution in [0.1, 0.15) is 18.4 Å². The third-order valence-corrected chi connectivity index (χ3v) is 2.95. The summed E-state index contributed by atoms with van der Waals surface area (Å²) < 4.78 is 43.0. The van der Waals surface area contributed by atoms with E-state index in [1.165, 1.54) is 19.2 Å². The molecule has 0 bridgehead atoms. The lowest BCUT2D eigenvalue weighted by Crippen LogP contribution is -2.19. The summed E-state index contributed by atoms with van der Waals surface area (Å²) in [5, 5.41) is 0. The molecule has 0 radical (unpaired) electrons. The molecule has 0 amide bonds. The van der Waals surface area contributed by atoms with Gasteiger partial charge in [-0.3, -0.25) is 0 Å². The molecule has 1 aromatic rings. The minimum Gasteiger partial charge on any atom is -0.495 e. The lowest BCUT2D eigenvalue weighted by atomic mass is 10.1. The van der Waals surface area contributed by atoms with E-state index in [1.54, 1.807) is 0 Å². The summed E-state index contributed by atoms with van der Waals surface area (Å²) in [5.41, 5.74) is -0.0833. The van der Waals surface area contributed by atoms with Crippen LogP contribution in [-0.4, -0.2) is 20.2 Å². The quantitative estimate of drug-likeness (QED) is 0.792. The van der Waals surface area contributed by atoms with Gasteiger partial charge in [-0.25, -0.2) is 0 Å². The maximum absolute atomic E-state index is 12.6. The number of nitrogens with zero attached hydrogens (tertiary/aromatic N) is 1. The first-order chi connectivity index (χ1) is 8.02. The van der Waals surface area contributed by atoms with Crippen molar-refractivity contribution in [3.63, 3.8) is 0 Å². The molecule has 0 unspecified atom stereocenters. The molecule has 2 rings (SSSR count). The fourth-order valence-electron chi connectivity index (χ4n) is 2.07. The van der Waals surface area contributed by atoms with E-state index in [-0.39, 0.29) is 0 Å². The number of ether oxygens (including phenoxy) is 1. The Labute approximate surface area is 98.0 Å². The van der Waals surface area contributed by atoms with Crippen molar-refractivity contribution >= 4 is 5.69 Å². The number of anilines is 1. The second kappa shape index (κ2) is 4.47. The normalized spacial score (nSPS) is 16.4. The molecule has 1 saturated heterocycles. The monoisotopic (exact) mass is 245 g/mol. The van der Waals surface area contributed by atoms with Crippen molar-refractivity contribution in [3.05, 3.63) is 23.8 Å². The Balaban J connectivity index is 2.39. The molecular formula is C12H14F3NO. The third kappa shape index (κ3) is 2.48. The van der Waals surface area contributed by atoms with Crippen LogP contribution in [-0.2, 0) is 6.18 Å². The van der Waals surface area contributed by atoms with Gasteiger partial charge in [0.2, 0.25) is 0 Å². The molecule has 5 heteroatoms. The molecule has 1 aliphatic heterocycles. The summed E-state index contributed by atoms with van der Waals surface area (Å²) in [6.07, 6.45) is -2.28. The van der Waals surface area contributed by atoms with Crippen LogP contribution in [0.25, 0.3) is 0 Å². The van der Waals surface area contributed by atoms with Crippen LogP contribution in [0.15, 0.2) is 18.2 Å². The number of methoxy groups -OCH3 is 1. The van der Waals surface area contributed by atoms with Crippen molar-refractivity contribution in [2.75, 3.05) is 25.1 Å². The minimum atomic E-state index is -4.30. The maximum Gasteiger partial charge on any atom is 0.416 e. The van der Waals surface area contributed by atoms with Gasteiger partial charge in [0.05, 0.1) is 18.4 Å². The van der Waals surface area contributed by atoms with Gasteiger partial charge >= 0.3 is 6.18 Å². The van der Waals surface area contributed by atoms with Gasteiger partial charge in [-0.2, -0.15) is 13.2 Å². The van der Waals surface area contributed by atoms with Gasteiger partial charge in [-0.15, -0.1) is 0 Å². The Morgan fingerprint density at radius 2 is 1.82 bits per heavy atom. The van der Waals surface area contributed by atoms with Gasteiger partial charge in [0.25, 0.3) is 0 Å². The fraction of sp³-hybridized carbons (Fsp3) is 0.500. The molecule has 0 atom stereocenters. The molecule has 0 saturated carbocycles. The SMILES string of the molecule is COc1ccc(C(F)(F)F)cc1N1CCCC1. The predicted octanol–water partition coefficient (Wildman–Crippen LogP) is 3.31. The van der Waals surface area contributed by atoms with E-state index in [9.17, 15) is 13.2 Å². The number of hydrogen-bond donors (Lipinski definition) is 0. The first-order valence-electron chi connectivity index (χ1n) is 5.52. The summed E-state index contributed by atoms with van der Waals surface area (Å²) in [5.74, 6) is 0.500. The average Bonchev–Trinajstić information content (AvgIpc) is 2.80. The van der Waals surface area contributed by atoms with Crippen LogP contribution < -0.4 is 9.64 Å². The molecule has 0 spiro atoms. The highest BCUT2D eigenvalue weighted by Crippen LogP contribution is 2.37. The smallest absolute Gasteiger partial charge is 0.416 e. The van der Waals surface area contributed by atoms with Gasteiger partial charge in [-0.05, 0) is 31.0 Å². The van der Waals surface area contributed by atoms with Crippen molar-refractivity contribution in [1.29, 1.82) is 0 Å². The summed E-state index contributed by atoms with van der Waals surface area (Å²) in [7, 11) is 1.47. The first-order valence-corrected chi connectivity index (χ1v) is 5.52. The lowest BCUT2D eigenvalue weighted by Gasteiger charge is -2.21.